The summed E-state index contributed by atoms with van der Waals surface area (Å²) in [5.41, 5.74) is 0.544. The fraction of sp³-hybridized carbons (Fsp3) is 0.235. The Kier molecular flexibility index (Phi) is 6.52. The van der Waals surface area contributed by atoms with E-state index in [0.29, 0.717) is 30.2 Å². The zero-order valence-electron chi connectivity index (χ0n) is 13.0. The normalized spacial score (nSPS) is 10.0. The SMILES string of the molecule is COc1cc(I)c(C(=O)NCCOc2ccccc2)cc1OC. The average Bonchev–Trinajstić information content (AvgIpc) is 2.59. The van der Waals surface area contributed by atoms with Crippen molar-refractivity contribution < 1.29 is 19.0 Å². The van der Waals surface area contributed by atoms with Crippen molar-refractivity contribution in [3.8, 4) is 17.2 Å². The molecule has 0 saturated carbocycles. The van der Waals surface area contributed by atoms with Crippen molar-refractivity contribution in [2.45, 2.75) is 0 Å². The molecule has 23 heavy (non-hydrogen) atoms. The second-order valence-electron chi connectivity index (χ2n) is 4.60. The standard InChI is InChI=1S/C17H18INO4/c1-21-15-10-13(14(18)11-16(15)22-2)17(20)19-8-9-23-12-6-4-3-5-7-12/h3-7,10-11H,8-9H2,1-2H3,(H,19,20). The predicted molar refractivity (Wildman–Crippen MR) is 96.5 cm³/mol. The van der Waals surface area contributed by atoms with Gasteiger partial charge in [0.05, 0.1) is 26.3 Å². The summed E-state index contributed by atoms with van der Waals surface area (Å²) in [4.78, 5) is 12.3. The number of hydrogen-bond donors (Lipinski definition) is 1. The molecule has 2 rings (SSSR count). The molecular weight excluding hydrogens is 409 g/mol. The number of ether oxygens (including phenoxy) is 3. The highest BCUT2D eigenvalue weighted by molar-refractivity contribution is 14.1. The molecule has 0 heterocycles. The second-order valence-corrected chi connectivity index (χ2v) is 5.77. The Labute approximate surface area is 149 Å². The smallest absolute Gasteiger partial charge is 0.252 e. The summed E-state index contributed by atoms with van der Waals surface area (Å²) in [6.45, 7) is 0.817. The molecule has 122 valence electrons. The summed E-state index contributed by atoms with van der Waals surface area (Å²) < 4.78 is 16.8. The van der Waals surface area contributed by atoms with Gasteiger partial charge in [-0.15, -0.1) is 0 Å². The molecule has 0 unspecified atom stereocenters. The van der Waals surface area contributed by atoms with Crippen molar-refractivity contribution in [2.75, 3.05) is 27.4 Å². The number of carbonyl (C=O) groups excluding carboxylic acids is 1. The van der Waals surface area contributed by atoms with Crippen LogP contribution in [0.5, 0.6) is 17.2 Å². The van der Waals surface area contributed by atoms with Gasteiger partial charge >= 0.3 is 0 Å². The Hall–Kier alpha value is -1.96. The van der Waals surface area contributed by atoms with E-state index in [9.17, 15) is 4.79 Å². The van der Waals surface area contributed by atoms with Crippen molar-refractivity contribution in [1.82, 2.24) is 5.32 Å². The molecule has 0 saturated heterocycles. The molecule has 0 atom stereocenters. The average molecular weight is 427 g/mol. The van der Waals surface area contributed by atoms with Gasteiger partial charge in [0.2, 0.25) is 0 Å². The molecule has 0 aromatic heterocycles. The van der Waals surface area contributed by atoms with E-state index in [0.717, 1.165) is 9.32 Å². The molecular formula is C17H18INO4. The fourth-order valence-corrected chi connectivity index (χ4v) is 2.66. The molecule has 0 aliphatic rings. The molecule has 1 N–H and O–H groups in total. The van der Waals surface area contributed by atoms with E-state index in [4.69, 9.17) is 14.2 Å². The molecule has 0 aliphatic carbocycles. The number of para-hydroxylation sites is 1. The van der Waals surface area contributed by atoms with Crippen molar-refractivity contribution in [3.63, 3.8) is 0 Å². The zero-order valence-corrected chi connectivity index (χ0v) is 15.1. The highest BCUT2D eigenvalue weighted by Crippen LogP contribution is 2.31. The number of carbonyl (C=O) groups is 1. The lowest BCUT2D eigenvalue weighted by molar-refractivity contribution is 0.0945. The largest absolute Gasteiger partial charge is 0.493 e. The van der Waals surface area contributed by atoms with Crippen LogP contribution in [-0.4, -0.2) is 33.3 Å². The number of hydrogen-bond acceptors (Lipinski definition) is 4. The molecule has 2 aromatic carbocycles. The first-order chi connectivity index (χ1) is 11.2. The number of amides is 1. The van der Waals surface area contributed by atoms with Gasteiger partial charge in [-0.2, -0.15) is 0 Å². The lowest BCUT2D eigenvalue weighted by Gasteiger charge is -2.12. The van der Waals surface area contributed by atoms with Crippen LogP contribution in [0.3, 0.4) is 0 Å². The van der Waals surface area contributed by atoms with Crippen LogP contribution >= 0.6 is 22.6 Å². The number of nitrogens with one attached hydrogen (secondary N) is 1. The van der Waals surface area contributed by atoms with Crippen LogP contribution in [0.2, 0.25) is 0 Å². The maximum atomic E-state index is 12.3. The van der Waals surface area contributed by atoms with Gasteiger partial charge < -0.3 is 19.5 Å². The predicted octanol–water partition coefficient (Wildman–Crippen LogP) is 3.12. The van der Waals surface area contributed by atoms with Crippen molar-refractivity contribution in [1.29, 1.82) is 0 Å². The van der Waals surface area contributed by atoms with Gasteiger partial charge in [-0.05, 0) is 46.9 Å². The third-order valence-corrected chi connectivity index (χ3v) is 4.01. The van der Waals surface area contributed by atoms with Crippen molar-refractivity contribution >= 4 is 28.5 Å². The lowest BCUT2D eigenvalue weighted by atomic mass is 10.2. The van der Waals surface area contributed by atoms with Crippen LogP contribution in [-0.2, 0) is 0 Å². The van der Waals surface area contributed by atoms with Gasteiger partial charge in [0.1, 0.15) is 12.4 Å². The number of halogens is 1. The third-order valence-electron chi connectivity index (χ3n) is 3.12. The van der Waals surface area contributed by atoms with Gasteiger partial charge in [-0.25, -0.2) is 0 Å². The Morgan fingerprint density at radius 2 is 1.74 bits per heavy atom. The Morgan fingerprint density at radius 3 is 2.39 bits per heavy atom. The summed E-state index contributed by atoms with van der Waals surface area (Å²) >= 11 is 2.10. The Balaban J connectivity index is 1.93. The molecule has 1 amide bonds. The molecule has 0 aliphatic heterocycles. The van der Waals surface area contributed by atoms with Crippen LogP contribution in [0.15, 0.2) is 42.5 Å². The molecule has 0 fully saturated rings. The van der Waals surface area contributed by atoms with Gasteiger partial charge in [-0.3, -0.25) is 4.79 Å². The van der Waals surface area contributed by atoms with E-state index in [-0.39, 0.29) is 5.91 Å². The van der Waals surface area contributed by atoms with Gasteiger partial charge in [0.15, 0.2) is 11.5 Å². The maximum absolute atomic E-state index is 12.3. The minimum atomic E-state index is -0.174. The fourth-order valence-electron chi connectivity index (χ4n) is 1.97. The van der Waals surface area contributed by atoms with Crippen LogP contribution in [0.25, 0.3) is 0 Å². The number of benzene rings is 2. The molecule has 6 heteroatoms. The van der Waals surface area contributed by atoms with E-state index < -0.39 is 0 Å². The van der Waals surface area contributed by atoms with E-state index in [2.05, 4.69) is 27.9 Å². The van der Waals surface area contributed by atoms with E-state index in [1.165, 1.54) is 0 Å². The minimum Gasteiger partial charge on any atom is -0.493 e. The van der Waals surface area contributed by atoms with E-state index in [1.54, 1.807) is 26.4 Å². The highest BCUT2D eigenvalue weighted by Gasteiger charge is 2.15. The van der Waals surface area contributed by atoms with Crippen molar-refractivity contribution in [2.24, 2.45) is 0 Å². The van der Waals surface area contributed by atoms with Crippen LogP contribution in [0.4, 0.5) is 0 Å². The molecule has 0 radical (unpaired) electrons. The van der Waals surface area contributed by atoms with Crippen LogP contribution in [0.1, 0.15) is 10.4 Å². The lowest BCUT2D eigenvalue weighted by Crippen LogP contribution is -2.28. The van der Waals surface area contributed by atoms with Gasteiger partial charge in [-0.1, -0.05) is 18.2 Å². The first-order valence-electron chi connectivity index (χ1n) is 7.03. The second kappa shape index (κ2) is 8.61. The molecule has 5 nitrogen and oxygen atoms in total. The molecule has 0 spiro atoms. The topological polar surface area (TPSA) is 56.8 Å². The first-order valence-corrected chi connectivity index (χ1v) is 8.11. The number of rotatable bonds is 7. The van der Waals surface area contributed by atoms with Gasteiger partial charge in [0, 0.05) is 3.57 Å². The third kappa shape index (κ3) is 4.75. The first kappa shape index (κ1) is 17.4. The monoisotopic (exact) mass is 427 g/mol. The summed E-state index contributed by atoms with van der Waals surface area (Å²) in [5, 5.41) is 2.83. The summed E-state index contributed by atoms with van der Waals surface area (Å²) in [6.07, 6.45) is 0. The summed E-state index contributed by atoms with van der Waals surface area (Å²) in [6, 6.07) is 12.9. The summed E-state index contributed by atoms with van der Waals surface area (Å²) in [5.74, 6) is 1.73. The number of methoxy groups -OCH3 is 2. The molecule has 0 bridgehead atoms. The quantitative estimate of drug-likeness (QED) is 0.545. The van der Waals surface area contributed by atoms with E-state index >= 15 is 0 Å². The maximum Gasteiger partial charge on any atom is 0.252 e. The zero-order chi connectivity index (χ0) is 16.7. The van der Waals surface area contributed by atoms with Crippen LogP contribution < -0.4 is 19.5 Å². The Morgan fingerprint density at radius 1 is 1.09 bits per heavy atom. The summed E-state index contributed by atoms with van der Waals surface area (Å²) in [7, 11) is 3.11. The Bertz CT molecular complexity index is 661. The molecule has 2 aromatic rings. The van der Waals surface area contributed by atoms with Crippen molar-refractivity contribution in [3.05, 3.63) is 51.6 Å². The van der Waals surface area contributed by atoms with Gasteiger partial charge in [0.25, 0.3) is 5.91 Å². The minimum absolute atomic E-state index is 0.174. The van der Waals surface area contributed by atoms with Crippen LogP contribution in [0, 0.1) is 3.57 Å². The highest BCUT2D eigenvalue weighted by atomic mass is 127. The van der Waals surface area contributed by atoms with E-state index in [1.807, 2.05) is 30.3 Å².